The number of likely N-dealkylation sites (tertiary alicyclic amines) is 1. The van der Waals surface area contributed by atoms with E-state index in [1.165, 1.54) is 18.5 Å². The molecule has 1 aliphatic heterocycles. The molecule has 4 rings (SSSR count). The Kier molecular flexibility index (Phi) is 4.53. The van der Waals surface area contributed by atoms with Crippen molar-refractivity contribution in [2.24, 2.45) is 11.3 Å². The van der Waals surface area contributed by atoms with Crippen molar-refractivity contribution in [2.75, 3.05) is 13.1 Å². The number of aryl methyl sites for hydroxylation is 2. The first-order valence-electron chi connectivity index (χ1n) is 10.0. The third kappa shape index (κ3) is 3.51. The molecule has 0 radical (unpaired) electrons. The minimum Gasteiger partial charge on any atom is -0.355 e. The Hall–Kier alpha value is -1.85. The van der Waals surface area contributed by atoms with Gasteiger partial charge in [0.2, 0.25) is 11.8 Å². The number of hydrogen-bond acceptors (Lipinski definition) is 3. The summed E-state index contributed by atoms with van der Waals surface area (Å²) < 4.78 is 2.06. The van der Waals surface area contributed by atoms with Gasteiger partial charge in [-0.15, -0.1) is 0 Å². The summed E-state index contributed by atoms with van der Waals surface area (Å²) in [5.41, 5.74) is 2.36. The maximum absolute atomic E-state index is 12.6. The minimum absolute atomic E-state index is 0.0542. The highest BCUT2D eigenvalue weighted by molar-refractivity contribution is 5.89. The Bertz CT molecular complexity index is 701. The molecule has 26 heavy (non-hydrogen) atoms. The summed E-state index contributed by atoms with van der Waals surface area (Å²) in [6, 6.07) is 2.47. The molecule has 2 aliphatic carbocycles. The van der Waals surface area contributed by atoms with Gasteiger partial charge >= 0.3 is 0 Å². The van der Waals surface area contributed by atoms with Crippen LogP contribution in [-0.2, 0) is 16.1 Å². The Morgan fingerprint density at radius 3 is 2.65 bits per heavy atom. The average molecular weight is 358 g/mol. The van der Waals surface area contributed by atoms with Crippen LogP contribution in [0.4, 0.5) is 0 Å². The summed E-state index contributed by atoms with van der Waals surface area (Å²) in [6.45, 7) is 6.26. The lowest BCUT2D eigenvalue weighted by molar-refractivity contribution is -0.130. The van der Waals surface area contributed by atoms with Crippen LogP contribution in [0.15, 0.2) is 6.07 Å². The van der Waals surface area contributed by atoms with Gasteiger partial charge < -0.3 is 10.2 Å². The molecular formula is C20H30N4O2. The van der Waals surface area contributed by atoms with Gasteiger partial charge in [-0.3, -0.25) is 14.3 Å². The van der Waals surface area contributed by atoms with Gasteiger partial charge in [0.1, 0.15) is 0 Å². The molecule has 2 saturated carbocycles. The highest BCUT2D eigenvalue weighted by Crippen LogP contribution is 2.46. The summed E-state index contributed by atoms with van der Waals surface area (Å²) in [5.74, 6) is 0.0481. The molecule has 1 atom stereocenters. The number of rotatable bonds is 6. The molecule has 1 aromatic heterocycles. The zero-order chi connectivity index (χ0) is 18.3. The second-order valence-corrected chi connectivity index (χ2v) is 8.69. The Balaban J connectivity index is 1.30. The summed E-state index contributed by atoms with van der Waals surface area (Å²) >= 11 is 0. The topological polar surface area (TPSA) is 67.2 Å². The number of carbonyl (C=O) groups excluding carboxylic acids is 2. The highest BCUT2D eigenvalue weighted by atomic mass is 16.2. The van der Waals surface area contributed by atoms with Crippen molar-refractivity contribution < 1.29 is 9.59 Å². The van der Waals surface area contributed by atoms with E-state index in [-0.39, 0.29) is 23.1 Å². The number of nitrogens with one attached hydrogen (secondary N) is 1. The molecule has 2 amide bonds. The van der Waals surface area contributed by atoms with Crippen molar-refractivity contribution in [3.63, 3.8) is 0 Å². The maximum Gasteiger partial charge on any atom is 0.225 e. The third-order valence-corrected chi connectivity index (χ3v) is 6.48. The second-order valence-electron chi connectivity index (χ2n) is 8.69. The molecule has 6 heteroatoms. The minimum atomic E-state index is -0.174. The largest absolute Gasteiger partial charge is 0.355 e. The molecule has 0 spiro atoms. The van der Waals surface area contributed by atoms with Gasteiger partial charge in [0.25, 0.3) is 0 Å². The molecule has 6 nitrogen and oxygen atoms in total. The van der Waals surface area contributed by atoms with Gasteiger partial charge in [-0.2, -0.15) is 5.10 Å². The smallest absolute Gasteiger partial charge is 0.225 e. The SMILES string of the molecule is Cc1cc(C)n(CC2(CNC(=O)C3CC(=O)N(C4CCCC4)C3)CC2)n1. The first-order valence-corrected chi connectivity index (χ1v) is 10.0. The van der Waals surface area contributed by atoms with Crippen LogP contribution < -0.4 is 5.32 Å². The van der Waals surface area contributed by atoms with Crippen LogP contribution in [0.2, 0.25) is 0 Å². The highest BCUT2D eigenvalue weighted by Gasteiger charge is 2.45. The van der Waals surface area contributed by atoms with E-state index in [1.54, 1.807) is 0 Å². The van der Waals surface area contributed by atoms with Crippen molar-refractivity contribution in [1.82, 2.24) is 20.0 Å². The number of aromatic nitrogens is 2. The molecule has 0 aromatic carbocycles. The van der Waals surface area contributed by atoms with Crippen molar-refractivity contribution >= 4 is 11.8 Å². The fourth-order valence-corrected chi connectivity index (χ4v) is 4.62. The lowest BCUT2D eigenvalue weighted by atomic mass is 10.1. The fraction of sp³-hybridized carbons (Fsp3) is 0.750. The summed E-state index contributed by atoms with van der Waals surface area (Å²) in [7, 11) is 0. The zero-order valence-corrected chi connectivity index (χ0v) is 16.0. The standard InChI is InChI=1S/C20H30N4O2/c1-14-9-15(2)24(22-14)13-20(7-8-20)12-21-19(26)16-10-18(25)23(11-16)17-5-3-4-6-17/h9,16-17H,3-8,10-13H2,1-2H3,(H,21,26). The molecule has 142 valence electrons. The van der Waals surface area contributed by atoms with Gasteiger partial charge in [-0.1, -0.05) is 12.8 Å². The van der Waals surface area contributed by atoms with E-state index in [0.29, 0.717) is 25.6 Å². The van der Waals surface area contributed by atoms with Crippen LogP contribution in [-0.4, -0.2) is 45.6 Å². The molecule has 3 fully saturated rings. The monoisotopic (exact) mass is 358 g/mol. The van der Waals surface area contributed by atoms with E-state index < -0.39 is 0 Å². The lowest BCUT2D eigenvalue weighted by Crippen LogP contribution is -2.39. The first-order chi connectivity index (χ1) is 12.5. The van der Waals surface area contributed by atoms with E-state index in [0.717, 1.165) is 37.9 Å². The van der Waals surface area contributed by atoms with Gasteiger partial charge in [0.05, 0.1) is 11.6 Å². The summed E-state index contributed by atoms with van der Waals surface area (Å²) in [5, 5.41) is 7.70. The molecule has 1 unspecified atom stereocenters. The summed E-state index contributed by atoms with van der Waals surface area (Å²) in [4.78, 5) is 26.9. The van der Waals surface area contributed by atoms with E-state index in [9.17, 15) is 9.59 Å². The van der Waals surface area contributed by atoms with Gasteiger partial charge in [0, 0.05) is 43.2 Å². The lowest BCUT2D eigenvalue weighted by Gasteiger charge is -2.24. The Morgan fingerprint density at radius 1 is 1.31 bits per heavy atom. The normalized spacial score (nSPS) is 25.1. The predicted molar refractivity (Wildman–Crippen MR) is 98.5 cm³/mol. The quantitative estimate of drug-likeness (QED) is 0.848. The van der Waals surface area contributed by atoms with Crippen LogP contribution in [0, 0.1) is 25.2 Å². The zero-order valence-electron chi connectivity index (χ0n) is 16.0. The van der Waals surface area contributed by atoms with Crippen LogP contribution >= 0.6 is 0 Å². The maximum atomic E-state index is 12.6. The second kappa shape index (κ2) is 6.71. The van der Waals surface area contributed by atoms with Crippen molar-refractivity contribution in [3.8, 4) is 0 Å². The third-order valence-electron chi connectivity index (χ3n) is 6.48. The van der Waals surface area contributed by atoms with Crippen LogP contribution in [0.25, 0.3) is 0 Å². The van der Waals surface area contributed by atoms with Crippen LogP contribution in [0.3, 0.4) is 0 Å². The average Bonchev–Trinajstić information content (AvgIpc) is 2.93. The molecular weight excluding hydrogens is 328 g/mol. The Morgan fingerprint density at radius 2 is 2.04 bits per heavy atom. The number of carbonyl (C=O) groups is 2. The molecule has 2 heterocycles. The van der Waals surface area contributed by atoms with Crippen molar-refractivity contribution in [3.05, 3.63) is 17.5 Å². The first kappa shape index (κ1) is 17.6. The van der Waals surface area contributed by atoms with Crippen molar-refractivity contribution in [2.45, 2.75) is 71.4 Å². The van der Waals surface area contributed by atoms with E-state index in [1.807, 2.05) is 11.8 Å². The fourth-order valence-electron chi connectivity index (χ4n) is 4.62. The van der Waals surface area contributed by atoms with Gasteiger partial charge in [-0.25, -0.2) is 0 Å². The molecule has 3 aliphatic rings. The van der Waals surface area contributed by atoms with Gasteiger partial charge in [0.15, 0.2) is 0 Å². The molecule has 0 bridgehead atoms. The van der Waals surface area contributed by atoms with Crippen LogP contribution in [0.5, 0.6) is 0 Å². The van der Waals surface area contributed by atoms with E-state index >= 15 is 0 Å². The number of hydrogen-bond donors (Lipinski definition) is 1. The number of amides is 2. The predicted octanol–water partition coefficient (Wildman–Crippen LogP) is 2.19. The van der Waals surface area contributed by atoms with E-state index in [4.69, 9.17) is 0 Å². The van der Waals surface area contributed by atoms with E-state index in [2.05, 4.69) is 28.1 Å². The van der Waals surface area contributed by atoms with Gasteiger partial charge in [-0.05, 0) is 45.6 Å². The van der Waals surface area contributed by atoms with Crippen LogP contribution in [0.1, 0.15) is 56.3 Å². The molecule has 1 saturated heterocycles. The summed E-state index contributed by atoms with van der Waals surface area (Å²) in [6.07, 6.45) is 7.26. The Labute approximate surface area is 155 Å². The van der Waals surface area contributed by atoms with Crippen molar-refractivity contribution in [1.29, 1.82) is 0 Å². The molecule has 1 N–H and O–H groups in total. The number of nitrogens with zero attached hydrogens (tertiary/aromatic N) is 3. The molecule has 1 aromatic rings.